The van der Waals surface area contributed by atoms with Crippen LogP contribution in [0.25, 0.3) is 0 Å². The molecule has 0 atom stereocenters. The quantitative estimate of drug-likeness (QED) is 0.221. The predicted molar refractivity (Wildman–Crippen MR) is 131 cm³/mol. The number of hydrogen-bond donors (Lipinski definition) is 0. The van der Waals surface area contributed by atoms with Gasteiger partial charge in [-0.15, -0.1) is 0 Å². The van der Waals surface area contributed by atoms with E-state index >= 15 is 0 Å². The Morgan fingerprint density at radius 3 is 1.19 bits per heavy atom. The summed E-state index contributed by atoms with van der Waals surface area (Å²) in [6.45, 7) is 8.30. The summed E-state index contributed by atoms with van der Waals surface area (Å²) in [5.74, 6) is 0. The summed E-state index contributed by atoms with van der Waals surface area (Å²) >= 11 is 0. The van der Waals surface area contributed by atoms with Gasteiger partial charge in [0.05, 0.1) is 18.4 Å². The van der Waals surface area contributed by atoms with Crippen LogP contribution in [-0.4, -0.2) is 24.7 Å². The first-order chi connectivity index (χ1) is 14.5. The molecule has 4 heteroatoms. The first kappa shape index (κ1) is 26.0. The Kier molecular flexibility index (Phi) is 10.6. The monoisotopic (exact) mass is 548 g/mol. The van der Waals surface area contributed by atoms with Crippen molar-refractivity contribution in [3.63, 3.8) is 0 Å². The van der Waals surface area contributed by atoms with Gasteiger partial charge in [0.25, 0.3) is 0 Å². The summed E-state index contributed by atoms with van der Waals surface area (Å²) in [5.41, 5.74) is 0. The third-order valence-corrected chi connectivity index (χ3v) is 9.61. The number of hydrogen-bond acceptors (Lipinski definition) is 2. The van der Waals surface area contributed by atoms with E-state index in [1.165, 1.54) is 15.9 Å². The van der Waals surface area contributed by atoms with Crippen LogP contribution in [0.15, 0.2) is 91.0 Å². The third-order valence-electron chi connectivity index (χ3n) is 5.14. The fourth-order valence-electron chi connectivity index (χ4n) is 3.96. The largest absolute Gasteiger partial charge is 1.00 e. The lowest BCUT2D eigenvalue weighted by molar-refractivity contribution is -0.181. The molecular weight excluding hydrogens is 514 g/mol. The van der Waals surface area contributed by atoms with Crippen LogP contribution in [0.5, 0.6) is 0 Å². The Balaban J connectivity index is 0.00000341. The normalized spacial score (nSPS) is 11.7. The second-order valence-electron chi connectivity index (χ2n) is 8.13. The maximum absolute atomic E-state index is 6.16. The van der Waals surface area contributed by atoms with E-state index in [0.717, 1.165) is 12.6 Å². The average Bonchev–Trinajstić information content (AvgIpc) is 2.75. The van der Waals surface area contributed by atoms with Gasteiger partial charge in [0.15, 0.2) is 6.29 Å². The fourth-order valence-corrected chi connectivity index (χ4v) is 8.27. The molecule has 0 aromatic heterocycles. The van der Waals surface area contributed by atoms with Crippen molar-refractivity contribution in [1.29, 1.82) is 0 Å². The van der Waals surface area contributed by atoms with Crippen LogP contribution >= 0.6 is 7.26 Å². The Labute approximate surface area is 205 Å². The summed E-state index contributed by atoms with van der Waals surface area (Å²) in [6, 6.07) is 32.9. The molecule has 2 nitrogen and oxygen atoms in total. The van der Waals surface area contributed by atoms with Crippen LogP contribution in [-0.2, 0) is 9.47 Å². The molecule has 0 radical (unpaired) electrons. The molecule has 3 aromatic rings. The highest BCUT2D eigenvalue weighted by Crippen LogP contribution is 2.56. The highest BCUT2D eigenvalue weighted by atomic mass is 127. The Morgan fingerprint density at radius 2 is 0.903 bits per heavy atom. The van der Waals surface area contributed by atoms with E-state index < -0.39 is 7.26 Å². The van der Waals surface area contributed by atoms with Crippen molar-refractivity contribution < 1.29 is 33.5 Å². The van der Waals surface area contributed by atoms with Crippen LogP contribution in [0, 0.1) is 0 Å². The predicted octanol–water partition coefficient (Wildman–Crippen LogP) is 2.55. The van der Waals surface area contributed by atoms with E-state index in [2.05, 4.69) is 119 Å². The Bertz CT molecular complexity index is 763. The van der Waals surface area contributed by atoms with Gasteiger partial charge in [-0.2, -0.15) is 0 Å². The molecule has 0 saturated carbocycles. The van der Waals surface area contributed by atoms with Gasteiger partial charge in [0.2, 0.25) is 0 Å². The Hall–Kier alpha value is -1.26. The van der Waals surface area contributed by atoms with E-state index in [-0.39, 0.29) is 42.5 Å². The van der Waals surface area contributed by atoms with Crippen LogP contribution in [0.2, 0.25) is 0 Å². The minimum absolute atomic E-state index is 0. The van der Waals surface area contributed by atoms with E-state index in [1.54, 1.807) is 0 Å². The first-order valence-electron chi connectivity index (χ1n) is 10.9. The lowest BCUT2D eigenvalue weighted by Crippen LogP contribution is -3.00. The van der Waals surface area contributed by atoms with Crippen LogP contribution in [0.3, 0.4) is 0 Å². The zero-order valence-corrected chi connectivity index (χ0v) is 22.0. The number of benzene rings is 3. The Morgan fingerprint density at radius 1 is 0.581 bits per heavy atom. The topological polar surface area (TPSA) is 18.5 Å². The van der Waals surface area contributed by atoms with Crippen molar-refractivity contribution >= 4 is 23.2 Å². The maximum Gasteiger partial charge on any atom is 0.161 e. The molecule has 0 aliphatic rings. The molecule has 0 aliphatic carbocycles. The fraction of sp³-hybridized carbons (Fsp3) is 0.333. The van der Waals surface area contributed by atoms with Crippen LogP contribution < -0.4 is 39.9 Å². The summed E-state index contributed by atoms with van der Waals surface area (Å²) in [4.78, 5) is 0. The van der Waals surface area contributed by atoms with Gasteiger partial charge < -0.3 is 33.5 Å². The molecule has 0 spiro atoms. The zero-order valence-electron chi connectivity index (χ0n) is 18.9. The van der Waals surface area contributed by atoms with Crippen molar-refractivity contribution in [2.45, 2.75) is 52.6 Å². The number of rotatable bonds is 10. The molecular formula is C27H34IO2P. The van der Waals surface area contributed by atoms with Crippen LogP contribution in [0.1, 0.15) is 34.1 Å². The van der Waals surface area contributed by atoms with Crippen molar-refractivity contribution in [1.82, 2.24) is 0 Å². The molecule has 0 unspecified atom stereocenters. The van der Waals surface area contributed by atoms with Gasteiger partial charge in [-0.05, 0) is 64.1 Å². The molecule has 0 saturated heterocycles. The van der Waals surface area contributed by atoms with Crippen LogP contribution in [0.4, 0.5) is 0 Å². The molecule has 166 valence electrons. The molecule has 3 rings (SSSR count). The van der Waals surface area contributed by atoms with Crippen molar-refractivity contribution in [2.75, 3.05) is 6.16 Å². The van der Waals surface area contributed by atoms with E-state index in [9.17, 15) is 0 Å². The molecule has 0 fully saturated rings. The standard InChI is InChI=1S/C27H34O2P.HI/c1-22(2)28-27(29-23(3)4)20-21-30(24-14-8-5-9-15-24,25-16-10-6-11-17-25)26-18-12-7-13-19-26;/h5-19,22-23,27H,20-21H2,1-4H3;1H/q+1;/p-1. The van der Waals surface area contributed by atoms with Gasteiger partial charge in [-0.3, -0.25) is 0 Å². The van der Waals surface area contributed by atoms with Crippen molar-refractivity contribution in [3.8, 4) is 0 Å². The molecule has 0 bridgehead atoms. The molecule has 0 N–H and O–H groups in total. The first-order valence-corrected chi connectivity index (χ1v) is 12.9. The summed E-state index contributed by atoms with van der Waals surface area (Å²) in [6.07, 6.45) is 1.90. The van der Waals surface area contributed by atoms with E-state index in [4.69, 9.17) is 9.47 Å². The minimum Gasteiger partial charge on any atom is -1.00 e. The summed E-state index contributed by atoms with van der Waals surface area (Å²) < 4.78 is 12.3. The number of ether oxygens (including phenoxy) is 2. The van der Waals surface area contributed by atoms with Gasteiger partial charge in [-0.25, -0.2) is 0 Å². The highest BCUT2D eigenvalue weighted by molar-refractivity contribution is 7.95. The van der Waals surface area contributed by atoms with Gasteiger partial charge >= 0.3 is 0 Å². The molecule has 0 heterocycles. The van der Waals surface area contributed by atoms with E-state index in [1.807, 2.05) is 0 Å². The number of halogens is 1. The zero-order chi connectivity index (χ0) is 21.4. The van der Waals surface area contributed by atoms with Gasteiger partial charge in [0.1, 0.15) is 23.2 Å². The minimum atomic E-state index is -1.85. The lowest BCUT2D eigenvalue weighted by Gasteiger charge is -2.30. The maximum atomic E-state index is 6.16. The van der Waals surface area contributed by atoms with E-state index in [0.29, 0.717) is 0 Å². The van der Waals surface area contributed by atoms with Crippen molar-refractivity contribution in [2.24, 2.45) is 0 Å². The highest BCUT2D eigenvalue weighted by Gasteiger charge is 2.45. The lowest BCUT2D eigenvalue weighted by atomic mass is 10.3. The molecule has 3 aromatic carbocycles. The summed E-state index contributed by atoms with van der Waals surface area (Å²) in [7, 11) is -1.85. The average molecular weight is 548 g/mol. The molecule has 31 heavy (non-hydrogen) atoms. The second kappa shape index (κ2) is 12.7. The SMILES string of the molecule is CC(C)OC(CC[P+](c1ccccc1)(c1ccccc1)c1ccccc1)OC(C)C.[I-]. The second-order valence-corrected chi connectivity index (χ2v) is 11.7. The smallest absolute Gasteiger partial charge is 0.161 e. The van der Waals surface area contributed by atoms with Crippen molar-refractivity contribution in [3.05, 3.63) is 91.0 Å². The van der Waals surface area contributed by atoms with Gasteiger partial charge in [-0.1, -0.05) is 54.6 Å². The molecule has 0 amide bonds. The molecule has 0 aliphatic heterocycles. The van der Waals surface area contributed by atoms with Gasteiger partial charge in [0, 0.05) is 6.42 Å². The summed E-state index contributed by atoms with van der Waals surface area (Å²) in [5, 5.41) is 4.20. The third kappa shape index (κ3) is 6.86.